The van der Waals surface area contributed by atoms with Crippen LogP contribution in [-0.2, 0) is 16.1 Å². The third-order valence-electron chi connectivity index (χ3n) is 3.62. The van der Waals surface area contributed by atoms with Gasteiger partial charge in [0.05, 0.1) is 17.4 Å². The van der Waals surface area contributed by atoms with Gasteiger partial charge in [-0.25, -0.2) is 4.39 Å². The van der Waals surface area contributed by atoms with Gasteiger partial charge in [-0.2, -0.15) is 5.26 Å². The first-order valence-corrected chi connectivity index (χ1v) is 7.01. The average molecular weight is 333 g/mol. The molecule has 0 bridgehead atoms. The quantitative estimate of drug-likeness (QED) is 0.842. The molecule has 1 atom stereocenters. The fourth-order valence-electron chi connectivity index (χ4n) is 2.70. The van der Waals surface area contributed by atoms with E-state index in [0.29, 0.717) is 23.4 Å². The summed E-state index contributed by atoms with van der Waals surface area (Å²) in [6.45, 7) is -0.0673. The van der Waals surface area contributed by atoms with Crippen molar-refractivity contribution in [2.75, 3.05) is 5.32 Å². The van der Waals surface area contributed by atoms with Crippen LogP contribution in [0.5, 0.6) is 0 Å². The molecule has 0 fully saturated rings. The molecule has 1 aliphatic heterocycles. The van der Waals surface area contributed by atoms with Crippen molar-refractivity contribution in [3.63, 3.8) is 0 Å². The molecule has 0 spiro atoms. The largest absolute Gasteiger partial charge is 0.342 e. The maximum Gasteiger partial charge on any atom is 0.240 e. The first kappa shape index (κ1) is 15.1. The molecule has 0 saturated carbocycles. The van der Waals surface area contributed by atoms with Crippen LogP contribution in [0.4, 0.5) is 10.1 Å². The van der Waals surface area contributed by atoms with Gasteiger partial charge in [-0.05, 0) is 24.3 Å². The van der Waals surface area contributed by atoms with E-state index in [4.69, 9.17) is 11.6 Å². The summed E-state index contributed by atoms with van der Waals surface area (Å²) in [4.78, 5) is 22.8. The van der Waals surface area contributed by atoms with Gasteiger partial charge in [0.2, 0.25) is 12.3 Å². The van der Waals surface area contributed by atoms with E-state index in [1.807, 2.05) is 6.07 Å². The number of carbonyl (C=O) groups excluding carboxylic acids is 2. The highest BCUT2D eigenvalue weighted by Gasteiger charge is 2.32. The molecular formula is C15H10ClFN4O2. The fraction of sp³-hybridized carbons (Fsp3) is 0.133. The van der Waals surface area contributed by atoms with Crippen LogP contribution in [0.1, 0.15) is 23.0 Å². The third kappa shape index (κ3) is 2.53. The first-order chi connectivity index (χ1) is 11.0. The van der Waals surface area contributed by atoms with Crippen molar-refractivity contribution in [3.05, 3.63) is 52.1 Å². The van der Waals surface area contributed by atoms with Crippen LogP contribution in [0, 0.1) is 17.1 Å². The summed E-state index contributed by atoms with van der Waals surface area (Å²) < 4.78 is 15.1. The van der Waals surface area contributed by atoms with Gasteiger partial charge in [0.1, 0.15) is 24.1 Å². The van der Waals surface area contributed by atoms with Crippen LogP contribution in [0.3, 0.4) is 0 Å². The summed E-state index contributed by atoms with van der Waals surface area (Å²) in [5.41, 5.74) is 1.40. The summed E-state index contributed by atoms with van der Waals surface area (Å²) in [6, 6.07) is 6.47. The molecule has 1 unspecified atom stereocenters. The number of nitrogens with one attached hydrogen (secondary N) is 2. The van der Waals surface area contributed by atoms with Crippen LogP contribution in [0.15, 0.2) is 24.3 Å². The van der Waals surface area contributed by atoms with Gasteiger partial charge in [0.25, 0.3) is 0 Å². The molecule has 0 radical (unpaired) electrons. The minimum Gasteiger partial charge on any atom is -0.342 e. The first-order valence-electron chi connectivity index (χ1n) is 6.63. The molecule has 1 aromatic carbocycles. The zero-order valence-corrected chi connectivity index (χ0v) is 12.4. The Labute approximate surface area is 135 Å². The topological polar surface area (TPSA) is 86.9 Å². The van der Waals surface area contributed by atoms with Crippen LogP contribution in [0.25, 0.3) is 0 Å². The second kappa shape index (κ2) is 5.74. The lowest BCUT2D eigenvalue weighted by Gasteiger charge is -2.28. The minimum absolute atomic E-state index is 0.0673. The lowest BCUT2D eigenvalue weighted by atomic mass is 10.0. The molecule has 3 rings (SSSR count). The fourth-order valence-corrected chi connectivity index (χ4v) is 2.92. The van der Waals surface area contributed by atoms with E-state index < -0.39 is 11.9 Å². The Bertz CT molecular complexity index is 856. The van der Waals surface area contributed by atoms with Crippen molar-refractivity contribution in [3.8, 4) is 6.07 Å². The Balaban J connectivity index is 2.24. The Hall–Kier alpha value is -2.85. The SMILES string of the molecule is N#Cc1cc(NC=O)c2n1CC(=O)NC2c1cc(F)ccc1Cl. The highest BCUT2D eigenvalue weighted by molar-refractivity contribution is 6.31. The maximum absolute atomic E-state index is 13.6. The number of hydrogen-bond donors (Lipinski definition) is 2. The van der Waals surface area contributed by atoms with Gasteiger partial charge < -0.3 is 15.2 Å². The summed E-state index contributed by atoms with van der Waals surface area (Å²) in [5.74, 6) is -0.847. The summed E-state index contributed by atoms with van der Waals surface area (Å²) >= 11 is 6.13. The molecule has 23 heavy (non-hydrogen) atoms. The number of nitrogens with zero attached hydrogens (tertiary/aromatic N) is 2. The van der Waals surface area contributed by atoms with Crippen LogP contribution in [0.2, 0.25) is 5.02 Å². The van der Waals surface area contributed by atoms with Crippen LogP contribution >= 0.6 is 11.6 Å². The van der Waals surface area contributed by atoms with E-state index in [-0.39, 0.29) is 23.2 Å². The van der Waals surface area contributed by atoms with E-state index in [2.05, 4.69) is 10.6 Å². The monoisotopic (exact) mass is 332 g/mol. The van der Waals surface area contributed by atoms with Gasteiger partial charge in [0, 0.05) is 10.6 Å². The predicted molar refractivity (Wildman–Crippen MR) is 80.2 cm³/mol. The molecule has 2 aromatic rings. The molecule has 2 heterocycles. The summed E-state index contributed by atoms with van der Waals surface area (Å²) in [5, 5.41) is 14.7. The van der Waals surface area contributed by atoms with E-state index in [1.165, 1.54) is 28.8 Å². The zero-order chi connectivity index (χ0) is 16.6. The zero-order valence-electron chi connectivity index (χ0n) is 11.6. The molecule has 2 N–H and O–H groups in total. The Kier molecular flexibility index (Phi) is 3.76. The van der Waals surface area contributed by atoms with Crippen LogP contribution < -0.4 is 10.6 Å². The van der Waals surface area contributed by atoms with Crippen LogP contribution in [-0.4, -0.2) is 16.9 Å². The Morgan fingerprint density at radius 3 is 2.96 bits per heavy atom. The predicted octanol–water partition coefficient (Wildman–Crippen LogP) is 1.94. The lowest BCUT2D eigenvalue weighted by Crippen LogP contribution is -2.39. The molecule has 0 saturated heterocycles. The van der Waals surface area contributed by atoms with Crippen molar-refractivity contribution >= 4 is 29.6 Å². The molecule has 0 aliphatic carbocycles. The van der Waals surface area contributed by atoms with E-state index in [1.54, 1.807) is 0 Å². The highest BCUT2D eigenvalue weighted by atomic mass is 35.5. The second-order valence-electron chi connectivity index (χ2n) is 4.95. The molecule has 2 amide bonds. The number of aromatic nitrogens is 1. The van der Waals surface area contributed by atoms with Crippen molar-refractivity contribution in [2.24, 2.45) is 0 Å². The minimum atomic E-state index is -0.774. The van der Waals surface area contributed by atoms with E-state index in [0.717, 1.165) is 0 Å². The smallest absolute Gasteiger partial charge is 0.240 e. The van der Waals surface area contributed by atoms with Crippen molar-refractivity contribution in [1.82, 2.24) is 9.88 Å². The number of carbonyl (C=O) groups is 2. The number of rotatable bonds is 3. The van der Waals surface area contributed by atoms with Gasteiger partial charge in [-0.15, -0.1) is 0 Å². The number of halogens is 2. The Morgan fingerprint density at radius 2 is 2.26 bits per heavy atom. The third-order valence-corrected chi connectivity index (χ3v) is 3.96. The molecule has 8 heteroatoms. The molecular weight excluding hydrogens is 323 g/mol. The number of hydrogen-bond acceptors (Lipinski definition) is 3. The number of amides is 2. The Morgan fingerprint density at radius 1 is 1.48 bits per heavy atom. The number of fused-ring (bicyclic) bond motifs is 1. The van der Waals surface area contributed by atoms with Gasteiger partial charge in [-0.1, -0.05) is 11.6 Å². The number of nitriles is 1. The molecule has 116 valence electrons. The van der Waals surface area contributed by atoms with Gasteiger partial charge >= 0.3 is 0 Å². The molecule has 6 nitrogen and oxygen atoms in total. The van der Waals surface area contributed by atoms with Gasteiger partial charge in [0.15, 0.2) is 0 Å². The molecule has 1 aromatic heterocycles. The molecule has 1 aliphatic rings. The van der Waals surface area contributed by atoms with Gasteiger partial charge in [-0.3, -0.25) is 9.59 Å². The number of benzene rings is 1. The standard InChI is InChI=1S/C15H10ClFN4O2/c16-11-2-1-8(17)3-10(11)14-15-12(19-7-22)4-9(5-18)21(15)6-13(23)20-14/h1-4,7,14H,6H2,(H,19,22)(H,20,23). The van der Waals surface area contributed by atoms with Crippen molar-refractivity contribution in [2.45, 2.75) is 12.6 Å². The van der Waals surface area contributed by atoms with E-state index in [9.17, 15) is 19.2 Å². The van der Waals surface area contributed by atoms with Crippen molar-refractivity contribution in [1.29, 1.82) is 5.26 Å². The lowest BCUT2D eigenvalue weighted by molar-refractivity contribution is -0.123. The second-order valence-corrected chi connectivity index (χ2v) is 5.36. The maximum atomic E-state index is 13.6. The summed E-state index contributed by atoms with van der Waals surface area (Å²) in [6.07, 6.45) is 0.470. The number of anilines is 1. The summed E-state index contributed by atoms with van der Waals surface area (Å²) in [7, 11) is 0. The van der Waals surface area contributed by atoms with Crippen molar-refractivity contribution < 1.29 is 14.0 Å². The highest BCUT2D eigenvalue weighted by Crippen LogP contribution is 2.36. The van der Waals surface area contributed by atoms with E-state index >= 15 is 0 Å². The average Bonchev–Trinajstić information content (AvgIpc) is 2.87. The normalized spacial score (nSPS) is 16.2.